The molecule has 1 aliphatic heterocycles. The van der Waals surface area contributed by atoms with Crippen molar-refractivity contribution in [3.05, 3.63) is 0 Å². The summed E-state index contributed by atoms with van der Waals surface area (Å²) in [6.07, 6.45) is 3.94. The zero-order valence-electron chi connectivity index (χ0n) is 11.3. The maximum absolute atomic E-state index is 11.6. The first-order valence-electron chi connectivity index (χ1n) is 6.89. The molecule has 0 aromatic heterocycles. The molecule has 1 aliphatic carbocycles. The van der Waals surface area contributed by atoms with Gasteiger partial charge in [-0.3, -0.25) is 4.79 Å². The van der Waals surface area contributed by atoms with Crippen molar-refractivity contribution in [1.82, 2.24) is 10.2 Å². The second kappa shape index (κ2) is 6.23. The summed E-state index contributed by atoms with van der Waals surface area (Å²) in [7, 11) is 1.32. The van der Waals surface area contributed by atoms with Crippen LogP contribution >= 0.6 is 0 Å². The Bertz CT molecular complexity index is 344. The lowest BCUT2D eigenvalue weighted by Gasteiger charge is -2.37. The van der Waals surface area contributed by atoms with E-state index in [4.69, 9.17) is 9.84 Å². The Balaban J connectivity index is 1.89. The van der Waals surface area contributed by atoms with E-state index in [2.05, 4.69) is 5.32 Å². The van der Waals surface area contributed by atoms with Gasteiger partial charge >= 0.3 is 12.1 Å². The lowest BCUT2D eigenvalue weighted by atomic mass is 9.85. The number of carbonyl (C=O) groups excluding carboxylic acids is 1. The number of hydrogen-bond donors (Lipinski definition) is 2. The predicted octanol–water partition coefficient (Wildman–Crippen LogP) is 0.918. The standard InChI is InChI=1S/C13H22N2O4/c1-19-13(18)15-7-10(12(16)17)5-11(8-15)14-6-9-3-2-4-9/h9-11,14H,2-8H2,1H3,(H,16,17). The normalized spacial score (nSPS) is 27.7. The van der Waals surface area contributed by atoms with E-state index in [1.54, 1.807) is 0 Å². The molecule has 6 nitrogen and oxygen atoms in total. The minimum Gasteiger partial charge on any atom is -0.481 e. The van der Waals surface area contributed by atoms with Crippen LogP contribution in [-0.4, -0.2) is 54.9 Å². The van der Waals surface area contributed by atoms with E-state index in [-0.39, 0.29) is 12.6 Å². The molecule has 0 aromatic carbocycles. The van der Waals surface area contributed by atoms with Gasteiger partial charge in [-0.1, -0.05) is 6.42 Å². The van der Waals surface area contributed by atoms with Crippen molar-refractivity contribution >= 4 is 12.1 Å². The second-order valence-electron chi connectivity index (χ2n) is 5.55. The maximum Gasteiger partial charge on any atom is 0.409 e. The minimum atomic E-state index is -0.843. The Morgan fingerprint density at radius 2 is 2.11 bits per heavy atom. The summed E-state index contributed by atoms with van der Waals surface area (Å²) in [5, 5.41) is 12.6. The summed E-state index contributed by atoms with van der Waals surface area (Å²) in [6.45, 7) is 1.69. The monoisotopic (exact) mass is 270 g/mol. The molecule has 0 radical (unpaired) electrons. The number of nitrogens with one attached hydrogen (secondary N) is 1. The van der Waals surface area contributed by atoms with Crippen LogP contribution in [-0.2, 0) is 9.53 Å². The highest BCUT2D eigenvalue weighted by molar-refractivity contribution is 5.73. The predicted molar refractivity (Wildman–Crippen MR) is 68.9 cm³/mol. The molecule has 1 saturated heterocycles. The molecule has 0 spiro atoms. The first-order chi connectivity index (χ1) is 9.10. The molecule has 2 fully saturated rings. The molecular weight excluding hydrogens is 248 g/mol. The Hall–Kier alpha value is -1.30. The van der Waals surface area contributed by atoms with Crippen molar-refractivity contribution in [2.75, 3.05) is 26.7 Å². The molecule has 1 amide bonds. The Morgan fingerprint density at radius 3 is 2.63 bits per heavy atom. The van der Waals surface area contributed by atoms with Crippen LogP contribution in [0.5, 0.6) is 0 Å². The second-order valence-corrected chi connectivity index (χ2v) is 5.55. The average molecular weight is 270 g/mol. The van der Waals surface area contributed by atoms with Crippen molar-refractivity contribution in [2.45, 2.75) is 31.7 Å². The van der Waals surface area contributed by atoms with Crippen LogP contribution in [0.4, 0.5) is 4.79 Å². The molecule has 108 valence electrons. The van der Waals surface area contributed by atoms with E-state index in [0.717, 1.165) is 12.5 Å². The topological polar surface area (TPSA) is 78.9 Å². The number of hydrogen-bond acceptors (Lipinski definition) is 4. The van der Waals surface area contributed by atoms with Gasteiger partial charge in [-0.05, 0) is 31.7 Å². The number of likely N-dealkylation sites (tertiary alicyclic amines) is 1. The summed E-state index contributed by atoms with van der Waals surface area (Å²) < 4.78 is 4.69. The van der Waals surface area contributed by atoms with Gasteiger partial charge in [-0.25, -0.2) is 4.79 Å². The molecule has 19 heavy (non-hydrogen) atoms. The van der Waals surface area contributed by atoms with Gasteiger partial charge in [0.25, 0.3) is 0 Å². The van der Waals surface area contributed by atoms with E-state index in [1.165, 1.54) is 31.3 Å². The fourth-order valence-electron chi connectivity index (χ4n) is 2.73. The fraction of sp³-hybridized carbons (Fsp3) is 0.846. The smallest absolute Gasteiger partial charge is 0.409 e. The quantitative estimate of drug-likeness (QED) is 0.794. The van der Waals surface area contributed by atoms with E-state index < -0.39 is 18.0 Å². The third-order valence-electron chi connectivity index (χ3n) is 4.15. The minimum absolute atomic E-state index is 0.0505. The molecule has 2 N–H and O–H groups in total. The van der Waals surface area contributed by atoms with Crippen LogP contribution in [0.3, 0.4) is 0 Å². The van der Waals surface area contributed by atoms with Crippen LogP contribution in [0, 0.1) is 11.8 Å². The molecular formula is C13H22N2O4. The van der Waals surface area contributed by atoms with Gasteiger partial charge in [0.15, 0.2) is 0 Å². The third kappa shape index (κ3) is 3.59. The molecule has 2 aliphatic rings. The number of carboxylic acids is 1. The van der Waals surface area contributed by atoms with Crippen LogP contribution in [0.2, 0.25) is 0 Å². The number of amides is 1. The lowest BCUT2D eigenvalue weighted by Crippen LogP contribution is -2.53. The van der Waals surface area contributed by atoms with Crippen LogP contribution in [0.25, 0.3) is 0 Å². The van der Waals surface area contributed by atoms with Crippen molar-refractivity contribution in [3.63, 3.8) is 0 Å². The number of ether oxygens (including phenoxy) is 1. The van der Waals surface area contributed by atoms with Gasteiger partial charge in [0, 0.05) is 19.1 Å². The number of piperidine rings is 1. The Labute approximate surface area is 113 Å². The summed E-state index contributed by atoms with van der Waals surface area (Å²) >= 11 is 0. The van der Waals surface area contributed by atoms with Gasteiger partial charge in [-0.2, -0.15) is 0 Å². The number of carbonyl (C=O) groups is 2. The third-order valence-corrected chi connectivity index (χ3v) is 4.15. The van der Waals surface area contributed by atoms with E-state index in [9.17, 15) is 9.59 Å². The number of aliphatic carboxylic acids is 1. The lowest BCUT2D eigenvalue weighted by molar-refractivity contribution is -0.143. The van der Waals surface area contributed by atoms with Crippen molar-refractivity contribution in [3.8, 4) is 0 Å². The zero-order chi connectivity index (χ0) is 13.8. The highest BCUT2D eigenvalue weighted by Crippen LogP contribution is 2.26. The maximum atomic E-state index is 11.6. The molecule has 0 bridgehead atoms. The van der Waals surface area contributed by atoms with Gasteiger partial charge < -0.3 is 20.1 Å². The van der Waals surface area contributed by atoms with Crippen LogP contribution < -0.4 is 5.32 Å². The van der Waals surface area contributed by atoms with Gasteiger partial charge in [0.2, 0.25) is 0 Å². The van der Waals surface area contributed by atoms with E-state index in [1.807, 2.05) is 0 Å². The molecule has 1 saturated carbocycles. The molecule has 6 heteroatoms. The van der Waals surface area contributed by atoms with Crippen molar-refractivity contribution < 1.29 is 19.4 Å². The summed E-state index contributed by atoms with van der Waals surface area (Å²) in [5.41, 5.74) is 0. The van der Waals surface area contributed by atoms with E-state index in [0.29, 0.717) is 13.0 Å². The SMILES string of the molecule is COC(=O)N1CC(NCC2CCC2)CC(C(=O)O)C1. The van der Waals surface area contributed by atoms with Gasteiger partial charge in [0.1, 0.15) is 0 Å². The molecule has 0 aromatic rings. The van der Waals surface area contributed by atoms with Gasteiger partial charge in [0.05, 0.1) is 13.0 Å². The number of rotatable bonds is 4. The molecule has 2 rings (SSSR count). The molecule has 1 heterocycles. The number of nitrogens with zero attached hydrogens (tertiary/aromatic N) is 1. The average Bonchev–Trinajstić information content (AvgIpc) is 2.35. The molecule has 2 unspecified atom stereocenters. The Morgan fingerprint density at radius 1 is 1.37 bits per heavy atom. The Kier molecular flexibility index (Phi) is 4.63. The first kappa shape index (κ1) is 14.1. The number of carboxylic acid groups (broad SMARTS) is 1. The van der Waals surface area contributed by atoms with Gasteiger partial charge in [-0.15, -0.1) is 0 Å². The fourth-order valence-corrected chi connectivity index (χ4v) is 2.73. The largest absolute Gasteiger partial charge is 0.481 e. The van der Waals surface area contributed by atoms with Crippen LogP contribution in [0.1, 0.15) is 25.7 Å². The van der Waals surface area contributed by atoms with Crippen molar-refractivity contribution in [1.29, 1.82) is 0 Å². The zero-order valence-corrected chi connectivity index (χ0v) is 11.3. The summed E-state index contributed by atoms with van der Waals surface area (Å²) in [4.78, 5) is 24.2. The van der Waals surface area contributed by atoms with Crippen molar-refractivity contribution in [2.24, 2.45) is 11.8 Å². The van der Waals surface area contributed by atoms with E-state index >= 15 is 0 Å². The summed E-state index contributed by atoms with van der Waals surface area (Å²) in [6, 6.07) is 0.0505. The molecule has 2 atom stereocenters. The highest BCUT2D eigenvalue weighted by Gasteiger charge is 2.34. The summed E-state index contributed by atoms with van der Waals surface area (Å²) in [5.74, 6) is -0.632. The van der Waals surface area contributed by atoms with Crippen LogP contribution in [0.15, 0.2) is 0 Å². The number of methoxy groups -OCH3 is 1. The first-order valence-corrected chi connectivity index (χ1v) is 6.89. The highest BCUT2D eigenvalue weighted by atomic mass is 16.5.